The van der Waals surface area contributed by atoms with Crippen LogP contribution in [-0.2, 0) is 18.0 Å². The van der Waals surface area contributed by atoms with Gasteiger partial charge in [0.2, 0.25) is 0 Å². The summed E-state index contributed by atoms with van der Waals surface area (Å²) in [5.41, 5.74) is 1.71. The highest BCUT2D eigenvalue weighted by atomic mass is 79.9. The summed E-state index contributed by atoms with van der Waals surface area (Å²) in [6.45, 7) is 0.759. The highest BCUT2D eigenvalue weighted by Gasteiger charge is 2.02. The number of halogens is 3. The average molecular weight is 330 g/mol. The van der Waals surface area contributed by atoms with E-state index in [0.29, 0.717) is 22.7 Å². The molecule has 0 N–H and O–H groups in total. The Kier molecular flexibility index (Phi) is 4.75. The Hall–Kier alpha value is -0.900. The van der Waals surface area contributed by atoms with Crippen molar-refractivity contribution in [3.05, 3.63) is 68.9 Å². The maximum Gasteiger partial charge on any atom is 0.124 e. The predicted molar refractivity (Wildman–Crippen MR) is 74.0 cm³/mol. The lowest BCUT2D eigenvalue weighted by molar-refractivity contribution is 0.107. The Balaban J connectivity index is 1.94. The molecule has 0 heterocycles. The molecule has 0 aliphatic carbocycles. The van der Waals surface area contributed by atoms with Crippen LogP contribution in [0.25, 0.3) is 0 Å². The highest BCUT2D eigenvalue weighted by molar-refractivity contribution is 9.10. The van der Waals surface area contributed by atoms with Crippen LogP contribution in [0.1, 0.15) is 11.1 Å². The molecular formula is C14H11BrClFO. The van der Waals surface area contributed by atoms with E-state index in [4.69, 9.17) is 16.3 Å². The lowest BCUT2D eigenvalue weighted by atomic mass is 10.2. The zero-order valence-electron chi connectivity index (χ0n) is 9.50. The smallest absolute Gasteiger partial charge is 0.124 e. The zero-order valence-corrected chi connectivity index (χ0v) is 11.8. The van der Waals surface area contributed by atoms with Crippen molar-refractivity contribution in [3.63, 3.8) is 0 Å². The van der Waals surface area contributed by atoms with Gasteiger partial charge in [-0.15, -0.1) is 0 Å². The molecule has 0 bridgehead atoms. The lowest BCUT2D eigenvalue weighted by Gasteiger charge is -2.07. The second-order valence-corrected chi connectivity index (χ2v) is 5.18. The quantitative estimate of drug-likeness (QED) is 0.770. The van der Waals surface area contributed by atoms with Crippen molar-refractivity contribution in [2.24, 2.45) is 0 Å². The lowest BCUT2D eigenvalue weighted by Crippen LogP contribution is -1.95. The van der Waals surface area contributed by atoms with Gasteiger partial charge in [-0.2, -0.15) is 0 Å². The van der Waals surface area contributed by atoms with Gasteiger partial charge < -0.3 is 4.74 Å². The molecule has 0 aliphatic heterocycles. The molecule has 0 fully saturated rings. The molecule has 1 nitrogen and oxygen atoms in total. The fourth-order valence-corrected chi connectivity index (χ4v) is 2.29. The van der Waals surface area contributed by atoms with Crippen LogP contribution in [0.2, 0.25) is 5.02 Å². The van der Waals surface area contributed by atoms with Gasteiger partial charge in [0, 0.05) is 9.50 Å². The van der Waals surface area contributed by atoms with E-state index in [0.717, 1.165) is 11.1 Å². The summed E-state index contributed by atoms with van der Waals surface area (Å²) >= 11 is 9.25. The van der Waals surface area contributed by atoms with Gasteiger partial charge in [-0.05, 0) is 35.4 Å². The fraction of sp³-hybridized carbons (Fsp3) is 0.143. The molecule has 0 atom stereocenters. The van der Waals surface area contributed by atoms with Crippen LogP contribution in [0, 0.1) is 5.82 Å². The number of rotatable bonds is 4. The standard InChI is InChI=1S/C14H11BrClFO/c15-12-5-10(6-13(17)7-12)8-18-9-11-3-1-2-4-14(11)16/h1-7H,8-9H2. The first-order valence-corrected chi connectivity index (χ1v) is 6.58. The van der Waals surface area contributed by atoms with Gasteiger partial charge in [0.1, 0.15) is 5.82 Å². The minimum absolute atomic E-state index is 0.277. The van der Waals surface area contributed by atoms with Gasteiger partial charge in [0.25, 0.3) is 0 Å². The number of benzene rings is 2. The van der Waals surface area contributed by atoms with Crippen molar-refractivity contribution >= 4 is 27.5 Å². The maximum atomic E-state index is 13.1. The molecule has 0 saturated carbocycles. The molecule has 2 aromatic rings. The van der Waals surface area contributed by atoms with Gasteiger partial charge in [0.15, 0.2) is 0 Å². The first kappa shape index (κ1) is 13.5. The van der Waals surface area contributed by atoms with Gasteiger partial charge in [0.05, 0.1) is 13.2 Å². The summed E-state index contributed by atoms with van der Waals surface area (Å²) in [5, 5.41) is 0.679. The van der Waals surface area contributed by atoms with Crippen LogP contribution in [0.3, 0.4) is 0 Å². The molecule has 94 valence electrons. The van der Waals surface area contributed by atoms with E-state index in [2.05, 4.69) is 15.9 Å². The normalized spacial score (nSPS) is 10.6. The topological polar surface area (TPSA) is 9.23 Å². The molecule has 0 amide bonds. The van der Waals surface area contributed by atoms with E-state index in [1.54, 1.807) is 0 Å². The summed E-state index contributed by atoms with van der Waals surface area (Å²) in [6.07, 6.45) is 0. The molecule has 2 aromatic carbocycles. The van der Waals surface area contributed by atoms with Crippen molar-refractivity contribution in [1.29, 1.82) is 0 Å². The highest BCUT2D eigenvalue weighted by Crippen LogP contribution is 2.18. The van der Waals surface area contributed by atoms with Gasteiger partial charge in [-0.3, -0.25) is 0 Å². The van der Waals surface area contributed by atoms with E-state index < -0.39 is 0 Å². The zero-order chi connectivity index (χ0) is 13.0. The number of ether oxygens (including phenoxy) is 1. The van der Waals surface area contributed by atoms with Crippen molar-refractivity contribution < 1.29 is 9.13 Å². The van der Waals surface area contributed by atoms with Crippen LogP contribution in [0.5, 0.6) is 0 Å². The summed E-state index contributed by atoms with van der Waals surface area (Å²) in [6, 6.07) is 12.2. The summed E-state index contributed by atoms with van der Waals surface area (Å²) in [5.74, 6) is -0.277. The van der Waals surface area contributed by atoms with E-state index >= 15 is 0 Å². The Labute approximate surface area is 119 Å². The molecular weight excluding hydrogens is 319 g/mol. The second-order valence-electron chi connectivity index (χ2n) is 3.86. The van der Waals surface area contributed by atoms with Crippen LogP contribution in [0.15, 0.2) is 46.9 Å². The molecule has 0 aliphatic rings. The molecule has 0 radical (unpaired) electrons. The van der Waals surface area contributed by atoms with E-state index in [9.17, 15) is 4.39 Å². The summed E-state index contributed by atoms with van der Waals surface area (Å²) < 4.78 is 19.4. The molecule has 0 saturated heterocycles. The third kappa shape index (κ3) is 3.80. The van der Waals surface area contributed by atoms with Crippen molar-refractivity contribution in [1.82, 2.24) is 0 Å². The van der Waals surface area contributed by atoms with Gasteiger partial charge >= 0.3 is 0 Å². The van der Waals surface area contributed by atoms with E-state index in [1.807, 2.05) is 30.3 Å². The van der Waals surface area contributed by atoms with Crippen LogP contribution in [-0.4, -0.2) is 0 Å². The van der Waals surface area contributed by atoms with Gasteiger partial charge in [-0.25, -0.2) is 4.39 Å². The largest absolute Gasteiger partial charge is 0.372 e. The monoisotopic (exact) mass is 328 g/mol. The molecule has 18 heavy (non-hydrogen) atoms. The van der Waals surface area contributed by atoms with E-state index in [1.165, 1.54) is 12.1 Å². The first-order chi connectivity index (χ1) is 8.65. The Morgan fingerprint density at radius 3 is 2.61 bits per heavy atom. The Morgan fingerprint density at radius 1 is 1.11 bits per heavy atom. The molecule has 2 rings (SSSR count). The maximum absolute atomic E-state index is 13.1. The molecule has 0 aromatic heterocycles. The minimum Gasteiger partial charge on any atom is -0.372 e. The number of hydrogen-bond acceptors (Lipinski definition) is 1. The number of hydrogen-bond donors (Lipinski definition) is 0. The molecule has 4 heteroatoms. The van der Waals surface area contributed by atoms with E-state index in [-0.39, 0.29) is 5.82 Å². The van der Waals surface area contributed by atoms with Crippen molar-refractivity contribution in [3.8, 4) is 0 Å². The van der Waals surface area contributed by atoms with Crippen molar-refractivity contribution in [2.75, 3.05) is 0 Å². The third-order valence-electron chi connectivity index (χ3n) is 2.41. The van der Waals surface area contributed by atoms with Crippen LogP contribution in [0.4, 0.5) is 4.39 Å². The molecule has 0 spiro atoms. The first-order valence-electron chi connectivity index (χ1n) is 5.41. The predicted octanol–water partition coefficient (Wildman–Crippen LogP) is 4.96. The SMILES string of the molecule is Fc1cc(Br)cc(COCc2ccccc2Cl)c1. The van der Waals surface area contributed by atoms with Crippen molar-refractivity contribution in [2.45, 2.75) is 13.2 Å². The van der Waals surface area contributed by atoms with Crippen LogP contribution < -0.4 is 0 Å². The Morgan fingerprint density at radius 2 is 1.89 bits per heavy atom. The summed E-state index contributed by atoms with van der Waals surface area (Å²) in [4.78, 5) is 0. The average Bonchev–Trinajstić information content (AvgIpc) is 2.30. The molecule has 0 unspecified atom stereocenters. The Bertz CT molecular complexity index is 525. The third-order valence-corrected chi connectivity index (χ3v) is 3.23. The fourth-order valence-electron chi connectivity index (χ4n) is 1.59. The van der Waals surface area contributed by atoms with Gasteiger partial charge in [-0.1, -0.05) is 45.7 Å². The second kappa shape index (κ2) is 6.32. The summed E-state index contributed by atoms with van der Waals surface area (Å²) in [7, 11) is 0. The minimum atomic E-state index is -0.277. The van der Waals surface area contributed by atoms with Crippen LogP contribution >= 0.6 is 27.5 Å².